The van der Waals surface area contributed by atoms with Crippen molar-refractivity contribution in [2.45, 2.75) is 105 Å². The maximum atomic E-state index is 6.86. The van der Waals surface area contributed by atoms with E-state index in [1.165, 1.54) is 32.7 Å². The summed E-state index contributed by atoms with van der Waals surface area (Å²) in [6, 6.07) is 0. The Bertz CT molecular complexity index is 765. The Kier molecular flexibility index (Phi) is 11.9. The summed E-state index contributed by atoms with van der Waals surface area (Å²) in [6.07, 6.45) is 3.85. The molecule has 0 heterocycles. The van der Waals surface area contributed by atoms with Crippen LogP contribution in [0, 0.1) is 0 Å². The van der Waals surface area contributed by atoms with Gasteiger partial charge in [0.25, 0.3) is 0 Å². The molecule has 2 aliphatic carbocycles. The van der Waals surface area contributed by atoms with Crippen LogP contribution in [0.15, 0.2) is 42.7 Å². The van der Waals surface area contributed by atoms with E-state index in [1.807, 2.05) is 0 Å². The van der Waals surface area contributed by atoms with Gasteiger partial charge in [-0.1, -0.05) is 58.6 Å². The average Bonchev–Trinajstić information content (AvgIpc) is 3.04. The predicted molar refractivity (Wildman–Crippen MR) is 146 cm³/mol. The number of halogens is 2. The van der Waals surface area contributed by atoms with Crippen molar-refractivity contribution < 1.29 is 35.1 Å². The molecule has 8 heteroatoms. The Hall–Kier alpha value is 0.994. The normalized spacial score (nSPS) is 20.2. The van der Waals surface area contributed by atoms with E-state index in [2.05, 4.69) is 67.0 Å². The molecule has 0 N–H and O–H groups in total. The minimum atomic E-state index is -1.68. The summed E-state index contributed by atoms with van der Waals surface area (Å²) in [6.45, 7) is 22.5. The molecule has 32 heavy (non-hydrogen) atoms. The summed E-state index contributed by atoms with van der Waals surface area (Å²) in [5.74, 6) is 0. The van der Waals surface area contributed by atoms with E-state index >= 15 is 0 Å². The van der Waals surface area contributed by atoms with Crippen LogP contribution in [0.3, 0.4) is 0 Å². The first-order valence-electron chi connectivity index (χ1n) is 11.7. The van der Waals surface area contributed by atoms with Gasteiger partial charge in [-0.3, -0.25) is 0 Å². The van der Waals surface area contributed by atoms with E-state index in [1.54, 1.807) is 0 Å². The fourth-order valence-corrected chi connectivity index (χ4v) is 10.5. The van der Waals surface area contributed by atoms with Gasteiger partial charge in [-0.05, 0) is 77.1 Å². The monoisotopic (exact) mass is 606 g/mol. The van der Waals surface area contributed by atoms with Gasteiger partial charge in [0.1, 0.15) is 0 Å². The number of hydrogen-bond donors (Lipinski definition) is 0. The van der Waals surface area contributed by atoms with Crippen molar-refractivity contribution in [3.8, 4) is 0 Å². The Morgan fingerprint density at radius 1 is 0.750 bits per heavy atom. The molecule has 2 rings (SSSR count). The third-order valence-electron chi connectivity index (χ3n) is 5.84. The van der Waals surface area contributed by atoms with Gasteiger partial charge in [-0.15, -0.1) is 0 Å². The molecular weight excluding hydrogens is 567 g/mol. The van der Waals surface area contributed by atoms with Gasteiger partial charge in [-0.2, -0.15) is 0 Å². The minimum absolute atomic E-state index is 0. The summed E-state index contributed by atoms with van der Waals surface area (Å²) >= 11 is 13.7. The van der Waals surface area contributed by atoms with E-state index in [9.17, 15) is 0 Å². The van der Waals surface area contributed by atoms with Crippen molar-refractivity contribution in [2.24, 2.45) is 0 Å². The maximum absolute atomic E-state index is 6.86. The predicted octanol–water partition coefficient (Wildman–Crippen LogP) is 7.75. The van der Waals surface area contributed by atoms with E-state index in [0.29, 0.717) is 0 Å². The minimum Gasteiger partial charge on any atom is -0.411 e. The van der Waals surface area contributed by atoms with Crippen molar-refractivity contribution in [3.63, 3.8) is 0 Å². The molecule has 0 spiro atoms. The summed E-state index contributed by atoms with van der Waals surface area (Å²) in [4.78, 5) is 0. The van der Waals surface area contributed by atoms with Crippen LogP contribution < -0.4 is 0 Å². The van der Waals surface area contributed by atoms with Gasteiger partial charge in [0.2, 0.25) is 0 Å². The molecule has 2 atom stereocenters. The summed E-state index contributed by atoms with van der Waals surface area (Å²) < 4.78 is 13.2. The zero-order valence-corrected chi connectivity index (χ0v) is 29.1. The molecule has 0 bridgehead atoms. The maximum Gasteiger partial charge on any atom is 0.184 e. The van der Waals surface area contributed by atoms with Gasteiger partial charge in [-0.25, -0.2) is 0 Å². The molecule has 0 aromatic heterocycles. The van der Waals surface area contributed by atoms with Gasteiger partial charge in [0, 0.05) is 49.1 Å². The Labute approximate surface area is 230 Å². The van der Waals surface area contributed by atoms with E-state index in [4.69, 9.17) is 32.1 Å². The molecule has 0 fully saturated rings. The van der Waals surface area contributed by atoms with E-state index < -0.39 is 26.2 Å². The Morgan fingerprint density at radius 2 is 1.06 bits per heavy atom. The van der Waals surface area contributed by atoms with Crippen LogP contribution in [0.1, 0.15) is 53.4 Å². The molecule has 0 aliphatic heterocycles. The SMILES string of the molecule is CCC(O[Si](C)(C)C)C1=C(Cl)CC(C)=C1[SiH2]C1=C(C)CC(Cl)=C1C(CC)O[Si](C)(C)C.[Zr]. The van der Waals surface area contributed by atoms with Crippen LogP contribution >= 0.6 is 23.2 Å². The van der Waals surface area contributed by atoms with Crippen molar-refractivity contribution in [1.29, 1.82) is 0 Å². The molecule has 0 aromatic rings. The first-order valence-corrected chi connectivity index (χ1v) is 20.7. The van der Waals surface area contributed by atoms with Crippen LogP contribution in [-0.4, -0.2) is 38.4 Å². The topological polar surface area (TPSA) is 18.5 Å². The van der Waals surface area contributed by atoms with Crippen LogP contribution in [0.25, 0.3) is 0 Å². The molecule has 2 aliphatic rings. The largest absolute Gasteiger partial charge is 0.411 e. The second-order valence-corrected chi connectivity index (χ2v) is 22.5. The second kappa shape index (κ2) is 12.3. The van der Waals surface area contributed by atoms with Gasteiger partial charge in [0.15, 0.2) is 16.6 Å². The molecule has 0 saturated carbocycles. The van der Waals surface area contributed by atoms with Crippen LogP contribution in [0.2, 0.25) is 39.3 Å². The van der Waals surface area contributed by atoms with Gasteiger partial charge in [0.05, 0.1) is 21.7 Å². The molecular formula is C24H42Cl2O2Si3Zr. The Morgan fingerprint density at radius 3 is 1.31 bits per heavy atom. The van der Waals surface area contributed by atoms with Crippen molar-refractivity contribution in [2.75, 3.05) is 0 Å². The number of rotatable bonds is 10. The fraction of sp³-hybridized carbons (Fsp3) is 0.667. The third kappa shape index (κ3) is 8.01. The third-order valence-corrected chi connectivity index (χ3v) is 11.2. The Balaban J connectivity index is 0.00000512. The van der Waals surface area contributed by atoms with Crippen LogP contribution in [0.4, 0.5) is 0 Å². The molecule has 0 aromatic carbocycles. The summed E-state index contributed by atoms with van der Waals surface area (Å²) in [5, 5.41) is 4.97. The van der Waals surface area contributed by atoms with Gasteiger partial charge < -0.3 is 8.85 Å². The standard InChI is InChI=1S/C24H42Cl2O2Si3.Zr/c1-11-19(27-30(5,6)7)21-17(25)13-15(3)23(21)29-24-16(4)14-18(26)22(24)20(12-2)28-31(8,9)10;/h19-20H,11-14,29H2,1-10H3;. The smallest absolute Gasteiger partial charge is 0.184 e. The molecule has 0 amide bonds. The quantitative estimate of drug-likeness (QED) is 0.236. The zero-order chi connectivity index (χ0) is 23.7. The van der Waals surface area contributed by atoms with Crippen molar-refractivity contribution >= 4 is 49.4 Å². The first kappa shape index (κ1) is 31.0. The number of allylic oxidation sites excluding steroid dienone is 4. The average molecular weight is 609 g/mol. The number of hydrogen-bond acceptors (Lipinski definition) is 2. The van der Waals surface area contributed by atoms with E-state index in [-0.39, 0.29) is 38.4 Å². The molecule has 0 saturated heterocycles. The molecule has 2 unspecified atom stereocenters. The summed E-state index contributed by atoms with van der Waals surface area (Å²) in [7, 11) is -4.12. The van der Waals surface area contributed by atoms with Crippen molar-refractivity contribution in [3.05, 3.63) is 42.7 Å². The zero-order valence-electron chi connectivity index (χ0n) is 21.8. The molecule has 0 radical (unpaired) electrons. The fourth-order valence-electron chi connectivity index (χ4n) is 4.61. The molecule has 180 valence electrons. The van der Waals surface area contributed by atoms with Crippen molar-refractivity contribution in [1.82, 2.24) is 0 Å². The molecule has 2 nitrogen and oxygen atoms in total. The van der Waals surface area contributed by atoms with Crippen LogP contribution in [-0.2, 0) is 35.1 Å². The van der Waals surface area contributed by atoms with E-state index in [0.717, 1.165) is 35.7 Å². The second-order valence-electron chi connectivity index (χ2n) is 10.9. The van der Waals surface area contributed by atoms with Gasteiger partial charge >= 0.3 is 0 Å². The first-order chi connectivity index (χ1) is 14.2. The van der Waals surface area contributed by atoms with Crippen LogP contribution in [0.5, 0.6) is 0 Å². The summed E-state index contributed by atoms with van der Waals surface area (Å²) in [5.41, 5.74) is 5.42.